The summed E-state index contributed by atoms with van der Waals surface area (Å²) < 4.78 is 1.95. The molecule has 1 aromatic carbocycles. The van der Waals surface area contributed by atoms with Crippen molar-refractivity contribution in [2.75, 3.05) is 31.5 Å². The first-order valence-corrected chi connectivity index (χ1v) is 14.7. The number of amides is 2. The van der Waals surface area contributed by atoms with Crippen LogP contribution in [0.25, 0.3) is 27.5 Å². The van der Waals surface area contributed by atoms with Crippen molar-refractivity contribution >= 4 is 28.3 Å². The average Bonchev–Trinajstić information content (AvgIpc) is 3.70. The molecule has 1 aliphatic heterocycles. The fourth-order valence-electron chi connectivity index (χ4n) is 5.89. The van der Waals surface area contributed by atoms with Crippen LogP contribution < -0.4 is 5.32 Å². The zero-order valence-corrected chi connectivity index (χ0v) is 23.9. The number of pyridine rings is 1. The number of likely N-dealkylation sites (tertiary alicyclic amines) is 1. The van der Waals surface area contributed by atoms with Gasteiger partial charge < -0.3 is 10.2 Å². The first-order chi connectivity index (χ1) is 19.5. The average molecular weight is 556 g/mol. The van der Waals surface area contributed by atoms with Crippen LogP contribution in [-0.4, -0.2) is 73.6 Å². The highest BCUT2D eigenvalue weighted by molar-refractivity contribution is 7.19. The molecule has 1 atom stereocenters. The van der Waals surface area contributed by atoms with E-state index in [0.29, 0.717) is 16.7 Å². The van der Waals surface area contributed by atoms with Gasteiger partial charge in [0.1, 0.15) is 0 Å². The molecule has 1 saturated heterocycles. The van der Waals surface area contributed by atoms with Gasteiger partial charge in [-0.1, -0.05) is 25.2 Å². The van der Waals surface area contributed by atoms with E-state index >= 15 is 0 Å². The van der Waals surface area contributed by atoms with Gasteiger partial charge in [-0.15, -0.1) is 0 Å². The minimum atomic E-state index is -0.141. The van der Waals surface area contributed by atoms with Crippen molar-refractivity contribution in [3.05, 3.63) is 65.6 Å². The zero-order chi connectivity index (χ0) is 27.8. The number of hydrogen-bond donors (Lipinski definition) is 1. The number of aryl methyl sites for hydroxylation is 1. The lowest BCUT2D eigenvalue weighted by Gasteiger charge is -2.26. The Labute approximate surface area is 237 Å². The lowest BCUT2D eigenvalue weighted by Crippen LogP contribution is -2.38. The van der Waals surface area contributed by atoms with E-state index in [1.54, 1.807) is 6.20 Å². The summed E-state index contributed by atoms with van der Waals surface area (Å²) in [7, 11) is 0. The third-order valence-corrected chi connectivity index (χ3v) is 8.88. The summed E-state index contributed by atoms with van der Waals surface area (Å²) in [6, 6.07) is 12.1. The molecule has 10 heteroatoms. The molecule has 0 radical (unpaired) electrons. The van der Waals surface area contributed by atoms with Gasteiger partial charge >= 0.3 is 0 Å². The molecule has 0 bridgehead atoms. The zero-order valence-electron chi connectivity index (χ0n) is 23.1. The lowest BCUT2D eigenvalue weighted by molar-refractivity contribution is -0.114. The van der Waals surface area contributed by atoms with Gasteiger partial charge in [0.25, 0.3) is 5.91 Å². The number of anilines is 1. The number of likely N-dealkylation sites (N-methyl/N-ethyl adjacent to an activating group) is 1. The van der Waals surface area contributed by atoms with Crippen LogP contribution in [0.15, 0.2) is 48.8 Å². The summed E-state index contributed by atoms with van der Waals surface area (Å²) >= 11 is 1.47. The van der Waals surface area contributed by atoms with Crippen molar-refractivity contribution in [1.29, 1.82) is 0 Å². The number of nitrogens with one attached hydrogen (secondary N) is 1. The van der Waals surface area contributed by atoms with Crippen LogP contribution in [0.4, 0.5) is 5.13 Å². The Morgan fingerprint density at radius 2 is 1.93 bits per heavy atom. The third-order valence-electron chi connectivity index (χ3n) is 7.86. The van der Waals surface area contributed by atoms with Crippen molar-refractivity contribution in [2.24, 2.45) is 0 Å². The van der Waals surface area contributed by atoms with Crippen LogP contribution in [0.3, 0.4) is 0 Å². The SMILES string of the molecule is CCN(CC)[C@H]1CCN(C(=O)c2ccc(-n3nc(-c4cccnc4)c4c3-c3sc(NC(C)=O)nc3CC4)cc2)C1. The van der Waals surface area contributed by atoms with Crippen molar-refractivity contribution in [1.82, 2.24) is 29.5 Å². The number of hydrogen-bond acceptors (Lipinski definition) is 7. The Hall–Kier alpha value is -3.89. The summed E-state index contributed by atoms with van der Waals surface area (Å²) in [5, 5.41) is 8.50. The van der Waals surface area contributed by atoms with Crippen LogP contribution in [0, 0.1) is 0 Å². The highest BCUT2D eigenvalue weighted by Crippen LogP contribution is 2.44. The fourth-order valence-corrected chi connectivity index (χ4v) is 7.00. The van der Waals surface area contributed by atoms with E-state index in [1.165, 1.54) is 18.3 Å². The number of fused-ring (bicyclic) bond motifs is 3. The summed E-state index contributed by atoms with van der Waals surface area (Å²) in [5.74, 6) is -0.0676. The molecule has 0 saturated carbocycles. The van der Waals surface area contributed by atoms with Crippen LogP contribution in [0.1, 0.15) is 48.8 Å². The fraction of sp³-hybridized carbons (Fsp3) is 0.367. The number of carbonyl (C=O) groups excluding carboxylic acids is 2. The predicted molar refractivity (Wildman–Crippen MR) is 157 cm³/mol. The summed E-state index contributed by atoms with van der Waals surface area (Å²) in [6.07, 6.45) is 6.17. The van der Waals surface area contributed by atoms with Gasteiger partial charge in [-0.3, -0.25) is 19.5 Å². The number of aromatic nitrogens is 4. The van der Waals surface area contributed by atoms with E-state index in [2.05, 4.69) is 29.0 Å². The Bertz CT molecular complexity index is 1540. The molecule has 3 aromatic heterocycles. The van der Waals surface area contributed by atoms with E-state index in [9.17, 15) is 9.59 Å². The molecule has 0 unspecified atom stereocenters. The van der Waals surface area contributed by atoms with Crippen molar-refractivity contribution < 1.29 is 9.59 Å². The molecule has 9 nitrogen and oxygen atoms in total. The maximum absolute atomic E-state index is 13.4. The molecule has 40 heavy (non-hydrogen) atoms. The van der Waals surface area contributed by atoms with Crippen LogP contribution in [-0.2, 0) is 17.6 Å². The Morgan fingerprint density at radius 3 is 2.62 bits per heavy atom. The van der Waals surface area contributed by atoms with Crippen LogP contribution in [0.2, 0.25) is 0 Å². The Balaban J connectivity index is 1.35. The molecule has 2 aliphatic rings. The number of carbonyl (C=O) groups is 2. The topological polar surface area (TPSA) is 96.3 Å². The number of nitrogens with zero attached hydrogens (tertiary/aromatic N) is 6. The van der Waals surface area contributed by atoms with Gasteiger partial charge in [-0.05, 0) is 68.8 Å². The molecule has 2 amide bonds. The van der Waals surface area contributed by atoms with Crippen molar-refractivity contribution in [3.63, 3.8) is 0 Å². The molecular weight excluding hydrogens is 522 g/mol. The van der Waals surface area contributed by atoms with E-state index in [4.69, 9.17) is 10.1 Å². The second kappa shape index (κ2) is 10.9. The van der Waals surface area contributed by atoms with Gasteiger partial charge in [-0.2, -0.15) is 5.10 Å². The van der Waals surface area contributed by atoms with Gasteiger partial charge in [0, 0.05) is 55.1 Å². The first-order valence-electron chi connectivity index (χ1n) is 13.9. The van der Waals surface area contributed by atoms with E-state index in [1.807, 2.05) is 52.2 Å². The number of benzene rings is 1. The van der Waals surface area contributed by atoms with Crippen molar-refractivity contribution in [3.8, 4) is 27.5 Å². The third kappa shape index (κ3) is 4.82. The lowest BCUT2D eigenvalue weighted by atomic mass is 9.95. The smallest absolute Gasteiger partial charge is 0.253 e. The maximum Gasteiger partial charge on any atom is 0.253 e. The Kier molecular flexibility index (Phi) is 7.20. The Morgan fingerprint density at radius 1 is 1.12 bits per heavy atom. The van der Waals surface area contributed by atoms with E-state index < -0.39 is 0 Å². The summed E-state index contributed by atoms with van der Waals surface area (Å²) in [6.45, 7) is 9.40. The monoisotopic (exact) mass is 555 g/mol. The van der Waals surface area contributed by atoms with Gasteiger partial charge in [0.05, 0.1) is 27.6 Å². The highest BCUT2D eigenvalue weighted by Gasteiger charge is 2.31. The van der Waals surface area contributed by atoms with E-state index in [-0.39, 0.29) is 11.8 Å². The first kappa shape index (κ1) is 26.3. The molecule has 1 N–H and O–H groups in total. The van der Waals surface area contributed by atoms with Gasteiger partial charge in [0.2, 0.25) is 5.91 Å². The van der Waals surface area contributed by atoms with Crippen molar-refractivity contribution in [2.45, 2.75) is 46.1 Å². The molecule has 206 valence electrons. The molecular formula is C30H33N7O2S. The van der Waals surface area contributed by atoms with Crippen LogP contribution >= 0.6 is 11.3 Å². The molecule has 1 aliphatic carbocycles. The molecule has 0 spiro atoms. The molecule has 4 heterocycles. The van der Waals surface area contributed by atoms with E-state index in [0.717, 1.165) is 84.2 Å². The normalized spacial score (nSPS) is 16.2. The van der Waals surface area contributed by atoms with Gasteiger partial charge in [0.15, 0.2) is 5.13 Å². The van der Waals surface area contributed by atoms with Crippen LogP contribution in [0.5, 0.6) is 0 Å². The molecule has 4 aromatic rings. The highest BCUT2D eigenvalue weighted by atomic mass is 32.1. The minimum absolute atomic E-state index is 0.0736. The van der Waals surface area contributed by atoms with Gasteiger partial charge in [-0.25, -0.2) is 9.67 Å². The summed E-state index contributed by atoms with van der Waals surface area (Å²) in [5.41, 5.74) is 6.48. The standard InChI is InChI=1S/C30H33N7O2S/c1-4-35(5-2)23-14-16-36(18-23)29(39)20-8-10-22(11-9-20)37-27-24(26(34-37)21-7-6-15-31-17-21)12-13-25-28(27)40-30(33-25)32-19(3)38/h6-11,15,17,23H,4-5,12-14,16,18H2,1-3H3,(H,32,33,38)/t23-/m0/s1. The second-order valence-corrected chi connectivity index (χ2v) is 11.3. The minimum Gasteiger partial charge on any atom is -0.337 e. The number of thiazole rings is 1. The molecule has 6 rings (SSSR count). The second-order valence-electron chi connectivity index (χ2n) is 10.3. The molecule has 1 fully saturated rings. The quantitative estimate of drug-likeness (QED) is 0.356. The largest absolute Gasteiger partial charge is 0.337 e. The number of rotatable bonds is 7. The predicted octanol–water partition coefficient (Wildman–Crippen LogP) is 4.67. The summed E-state index contributed by atoms with van der Waals surface area (Å²) in [4.78, 5) is 39.5. The maximum atomic E-state index is 13.4.